The van der Waals surface area contributed by atoms with Crippen molar-refractivity contribution < 1.29 is 13.2 Å². The molecule has 0 N–H and O–H groups in total. The van der Waals surface area contributed by atoms with Crippen LogP contribution in [-0.4, -0.2) is 9.97 Å². The van der Waals surface area contributed by atoms with Crippen molar-refractivity contribution in [1.29, 1.82) is 0 Å². The van der Waals surface area contributed by atoms with Gasteiger partial charge in [-0.3, -0.25) is 0 Å². The Morgan fingerprint density at radius 1 is 1.00 bits per heavy atom. The lowest BCUT2D eigenvalue weighted by atomic mass is 10.0. The first kappa shape index (κ1) is 11.6. The Balaban J connectivity index is 2.69. The van der Waals surface area contributed by atoms with Crippen LogP contribution in [0.4, 0.5) is 13.2 Å². The molecule has 0 aliphatic heterocycles. The summed E-state index contributed by atoms with van der Waals surface area (Å²) in [5, 5.41) is 0. The van der Waals surface area contributed by atoms with Crippen LogP contribution in [0.15, 0.2) is 36.7 Å². The van der Waals surface area contributed by atoms with Crippen LogP contribution in [0.2, 0.25) is 0 Å². The summed E-state index contributed by atoms with van der Waals surface area (Å²) in [6.07, 6.45) is -1.55. The van der Waals surface area contributed by atoms with E-state index >= 15 is 0 Å². The number of hydrogen-bond acceptors (Lipinski definition) is 2. The molecule has 1 heterocycles. The molecule has 0 radical (unpaired) electrons. The van der Waals surface area contributed by atoms with Crippen LogP contribution in [0.5, 0.6) is 0 Å². The molecule has 0 unspecified atom stereocenters. The second kappa shape index (κ2) is 4.16. The third-order valence-electron chi connectivity index (χ3n) is 2.37. The molecule has 0 saturated carbocycles. The van der Waals surface area contributed by atoms with Gasteiger partial charge in [0.2, 0.25) is 0 Å². The molecule has 2 rings (SSSR count). The van der Waals surface area contributed by atoms with Gasteiger partial charge in [-0.15, -0.1) is 0 Å². The predicted molar refractivity (Wildman–Crippen MR) is 57.2 cm³/mol. The Kier molecular flexibility index (Phi) is 2.83. The van der Waals surface area contributed by atoms with Gasteiger partial charge in [-0.25, -0.2) is 9.97 Å². The Labute approximate surface area is 96.2 Å². The Bertz CT molecular complexity index is 521. The molecular weight excluding hydrogens is 229 g/mol. The zero-order valence-electron chi connectivity index (χ0n) is 8.99. The van der Waals surface area contributed by atoms with Crippen LogP contribution in [0.1, 0.15) is 11.1 Å². The smallest absolute Gasteiger partial charge is 0.237 e. The molecule has 17 heavy (non-hydrogen) atoms. The summed E-state index contributed by atoms with van der Waals surface area (Å²) >= 11 is 0. The lowest BCUT2D eigenvalue weighted by Crippen LogP contribution is -2.09. The van der Waals surface area contributed by atoms with Crippen LogP contribution in [0.3, 0.4) is 0 Å². The van der Waals surface area contributed by atoms with Crippen LogP contribution >= 0.6 is 0 Å². The lowest BCUT2D eigenvalue weighted by Gasteiger charge is -2.13. The number of benzene rings is 1. The van der Waals surface area contributed by atoms with Crippen LogP contribution in [-0.2, 0) is 6.18 Å². The molecule has 5 heteroatoms. The van der Waals surface area contributed by atoms with Gasteiger partial charge in [-0.1, -0.05) is 12.1 Å². The first-order chi connectivity index (χ1) is 8.00. The molecule has 1 aromatic carbocycles. The van der Waals surface area contributed by atoms with Crippen molar-refractivity contribution in [1.82, 2.24) is 9.97 Å². The average molecular weight is 238 g/mol. The molecule has 1 aromatic heterocycles. The molecule has 2 nitrogen and oxygen atoms in total. The van der Waals surface area contributed by atoms with E-state index in [2.05, 4.69) is 9.97 Å². The third-order valence-corrected chi connectivity index (χ3v) is 2.37. The van der Waals surface area contributed by atoms with Gasteiger partial charge < -0.3 is 0 Å². The van der Waals surface area contributed by atoms with Gasteiger partial charge in [0, 0.05) is 18.0 Å². The highest BCUT2D eigenvalue weighted by molar-refractivity contribution is 5.65. The lowest BCUT2D eigenvalue weighted by molar-refractivity contribution is -0.137. The molecule has 0 atom stereocenters. The van der Waals surface area contributed by atoms with Crippen molar-refractivity contribution in [3.63, 3.8) is 0 Å². The largest absolute Gasteiger partial charge is 0.417 e. The topological polar surface area (TPSA) is 25.8 Å². The van der Waals surface area contributed by atoms with Gasteiger partial charge in [-0.2, -0.15) is 13.2 Å². The highest BCUT2D eigenvalue weighted by Gasteiger charge is 2.34. The fourth-order valence-electron chi connectivity index (χ4n) is 1.63. The zero-order valence-corrected chi connectivity index (χ0v) is 8.99. The van der Waals surface area contributed by atoms with Gasteiger partial charge in [0.05, 0.1) is 5.56 Å². The van der Waals surface area contributed by atoms with Crippen LogP contribution in [0.25, 0.3) is 11.4 Å². The minimum absolute atomic E-state index is 0.0422. The maximum Gasteiger partial charge on any atom is 0.417 e. The van der Waals surface area contributed by atoms with E-state index in [-0.39, 0.29) is 11.4 Å². The number of alkyl halides is 3. The van der Waals surface area contributed by atoms with E-state index < -0.39 is 11.7 Å². The summed E-state index contributed by atoms with van der Waals surface area (Å²) in [4.78, 5) is 7.75. The molecule has 0 aliphatic carbocycles. The number of halogens is 3. The fourth-order valence-corrected chi connectivity index (χ4v) is 1.63. The Hall–Kier alpha value is -1.91. The zero-order chi connectivity index (χ0) is 12.5. The highest BCUT2D eigenvalue weighted by atomic mass is 19.4. The summed E-state index contributed by atoms with van der Waals surface area (Å²) in [7, 11) is 0. The Morgan fingerprint density at radius 3 is 2.24 bits per heavy atom. The molecule has 0 fully saturated rings. The van der Waals surface area contributed by atoms with Gasteiger partial charge in [0.1, 0.15) is 0 Å². The van der Waals surface area contributed by atoms with Gasteiger partial charge in [-0.05, 0) is 24.6 Å². The first-order valence-electron chi connectivity index (χ1n) is 4.94. The predicted octanol–water partition coefficient (Wildman–Crippen LogP) is 3.47. The number of nitrogens with zero attached hydrogens (tertiary/aromatic N) is 2. The van der Waals surface area contributed by atoms with E-state index in [1.54, 1.807) is 19.1 Å². The molecule has 0 spiro atoms. The molecule has 0 bridgehead atoms. The van der Waals surface area contributed by atoms with E-state index in [0.717, 1.165) is 6.07 Å². The standard InChI is InChI=1S/C12H9F3N2/c1-8-4-2-5-9(12(13,14)15)10(8)11-16-6-3-7-17-11/h2-7H,1H3. The van der Waals surface area contributed by atoms with Crippen molar-refractivity contribution in [3.05, 3.63) is 47.8 Å². The maximum atomic E-state index is 12.9. The summed E-state index contributed by atoms with van der Waals surface area (Å²) in [5.41, 5.74) is -0.157. The minimum atomic E-state index is -4.40. The van der Waals surface area contributed by atoms with E-state index in [9.17, 15) is 13.2 Å². The van der Waals surface area contributed by atoms with Gasteiger partial charge in [0.15, 0.2) is 5.82 Å². The summed E-state index contributed by atoms with van der Waals surface area (Å²) in [6, 6.07) is 5.60. The highest BCUT2D eigenvalue weighted by Crippen LogP contribution is 2.37. The van der Waals surface area contributed by atoms with Gasteiger partial charge in [0.25, 0.3) is 0 Å². The van der Waals surface area contributed by atoms with Crippen molar-refractivity contribution in [2.24, 2.45) is 0 Å². The number of aromatic nitrogens is 2. The van der Waals surface area contributed by atoms with Crippen molar-refractivity contribution in [2.45, 2.75) is 13.1 Å². The SMILES string of the molecule is Cc1cccc(C(F)(F)F)c1-c1ncccn1. The summed E-state index contributed by atoms with van der Waals surface area (Å²) in [6.45, 7) is 1.61. The van der Waals surface area contributed by atoms with Crippen LogP contribution < -0.4 is 0 Å². The van der Waals surface area contributed by atoms with E-state index in [1.807, 2.05) is 0 Å². The molecule has 2 aromatic rings. The number of hydrogen-bond donors (Lipinski definition) is 0. The first-order valence-corrected chi connectivity index (χ1v) is 4.94. The Morgan fingerprint density at radius 2 is 1.65 bits per heavy atom. The molecular formula is C12H9F3N2. The second-order valence-corrected chi connectivity index (χ2v) is 3.57. The quantitative estimate of drug-likeness (QED) is 0.760. The van der Waals surface area contributed by atoms with Crippen molar-refractivity contribution >= 4 is 0 Å². The average Bonchev–Trinajstić information content (AvgIpc) is 2.28. The van der Waals surface area contributed by atoms with E-state index in [1.165, 1.54) is 18.5 Å². The maximum absolute atomic E-state index is 12.9. The minimum Gasteiger partial charge on any atom is -0.237 e. The summed E-state index contributed by atoms with van der Waals surface area (Å²) < 4.78 is 38.6. The fraction of sp³-hybridized carbons (Fsp3) is 0.167. The monoisotopic (exact) mass is 238 g/mol. The third kappa shape index (κ3) is 2.27. The van der Waals surface area contributed by atoms with E-state index in [4.69, 9.17) is 0 Å². The summed E-state index contributed by atoms with van der Waals surface area (Å²) in [5.74, 6) is 0.0953. The van der Waals surface area contributed by atoms with Crippen molar-refractivity contribution in [3.8, 4) is 11.4 Å². The van der Waals surface area contributed by atoms with Crippen LogP contribution in [0, 0.1) is 6.92 Å². The molecule has 0 aliphatic rings. The molecule has 88 valence electrons. The normalized spacial score (nSPS) is 11.5. The number of aryl methyl sites for hydroxylation is 1. The van der Waals surface area contributed by atoms with E-state index in [0.29, 0.717) is 5.56 Å². The molecule has 0 saturated heterocycles. The second-order valence-electron chi connectivity index (χ2n) is 3.57. The van der Waals surface area contributed by atoms with Gasteiger partial charge >= 0.3 is 6.18 Å². The molecule has 0 amide bonds. The number of rotatable bonds is 1. The van der Waals surface area contributed by atoms with Crippen molar-refractivity contribution in [2.75, 3.05) is 0 Å².